The van der Waals surface area contributed by atoms with Crippen molar-refractivity contribution in [3.05, 3.63) is 89.2 Å². The van der Waals surface area contributed by atoms with E-state index in [2.05, 4.69) is 17.2 Å². The molecular weight excluding hydrogens is 479 g/mol. The van der Waals surface area contributed by atoms with Gasteiger partial charge in [-0.2, -0.15) is 0 Å². The minimum atomic E-state index is -0.735. The van der Waals surface area contributed by atoms with Crippen LogP contribution in [0.5, 0.6) is 0 Å². The molecule has 3 amide bonds. The highest BCUT2D eigenvalue weighted by Gasteiger charge is 2.35. The van der Waals surface area contributed by atoms with Crippen LogP contribution in [0.4, 0.5) is 20.6 Å². The molecule has 186 valence electrons. The zero-order chi connectivity index (χ0) is 26.0. The maximum Gasteiger partial charge on any atom is 0.319 e. The standard InChI is InChI=1S/C28H28ClFN4O2/c1-16(2)25-24(12-11-22(26(25)30)19-6-4-5-18(15-19)17(3)31)34-14-13-23(27(34)35)33-28(36)32-21-9-7-20(29)8-10-21/h4-12,15,17,23H,1,13-14,31H2,2-3H3,(H2,32,33,36)/t17?,23-/m1/s1. The lowest BCUT2D eigenvalue weighted by atomic mass is 9.95. The Balaban J connectivity index is 1.56. The SMILES string of the molecule is C=C(C)c1c(N2CC[C@@H](NC(=O)Nc3ccc(Cl)cc3)C2=O)ccc(-c2cccc(C(C)N)c2)c1F. The fraction of sp³-hybridized carbons (Fsp3) is 0.214. The summed E-state index contributed by atoms with van der Waals surface area (Å²) in [5, 5.41) is 5.94. The summed E-state index contributed by atoms with van der Waals surface area (Å²) in [5.74, 6) is -0.763. The highest BCUT2D eigenvalue weighted by atomic mass is 35.5. The third-order valence-electron chi connectivity index (χ3n) is 6.17. The molecule has 36 heavy (non-hydrogen) atoms. The zero-order valence-corrected chi connectivity index (χ0v) is 20.9. The summed E-state index contributed by atoms with van der Waals surface area (Å²) in [6, 6.07) is 16.1. The van der Waals surface area contributed by atoms with Gasteiger partial charge in [0.1, 0.15) is 11.9 Å². The summed E-state index contributed by atoms with van der Waals surface area (Å²) in [6.07, 6.45) is 0.391. The number of urea groups is 1. The quantitative estimate of drug-likeness (QED) is 0.376. The van der Waals surface area contributed by atoms with Gasteiger partial charge in [-0.15, -0.1) is 0 Å². The van der Waals surface area contributed by atoms with Crippen molar-refractivity contribution in [3.8, 4) is 11.1 Å². The van der Waals surface area contributed by atoms with Crippen molar-refractivity contribution >= 4 is 40.5 Å². The van der Waals surface area contributed by atoms with E-state index in [1.807, 2.05) is 31.2 Å². The van der Waals surface area contributed by atoms with Gasteiger partial charge in [-0.05, 0) is 79.4 Å². The summed E-state index contributed by atoms with van der Waals surface area (Å²) in [7, 11) is 0. The van der Waals surface area contributed by atoms with Crippen molar-refractivity contribution in [2.24, 2.45) is 5.73 Å². The first kappa shape index (κ1) is 25.4. The normalized spacial score (nSPS) is 16.1. The number of halogens is 2. The van der Waals surface area contributed by atoms with Crippen molar-refractivity contribution in [2.75, 3.05) is 16.8 Å². The van der Waals surface area contributed by atoms with Crippen molar-refractivity contribution in [1.82, 2.24) is 5.32 Å². The number of amides is 3. The predicted octanol–water partition coefficient (Wildman–Crippen LogP) is 6.13. The molecule has 0 aliphatic carbocycles. The topological polar surface area (TPSA) is 87.5 Å². The molecule has 0 spiro atoms. The zero-order valence-electron chi connectivity index (χ0n) is 20.1. The minimum Gasteiger partial charge on any atom is -0.326 e. The number of carbonyl (C=O) groups excluding carboxylic acids is 2. The molecule has 4 N–H and O–H groups in total. The number of nitrogens with one attached hydrogen (secondary N) is 2. The molecule has 3 aromatic carbocycles. The Morgan fingerprint density at radius 1 is 1.19 bits per heavy atom. The Morgan fingerprint density at radius 3 is 2.58 bits per heavy atom. The molecule has 8 heteroatoms. The average molecular weight is 507 g/mol. The number of hydrogen-bond acceptors (Lipinski definition) is 3. The molecular formula is C28H28ClFN4O2. The molecule has 1 fully saturated rings. The van der Waals surface area contributed by atoms with Gasteiger partial charge in [-0.25, -0.2) is 9.18 Å². The first-order valence-electron chi connectivity index (χ1n) is 11.6. The van der Waals surface area contributed by atoms with Gasteiger partial charge in [0.2, 0.25) is 5.91 Å². The molecule has 0 radical (unpaired) electrons. The predicted molar refractivity (Wildman–Crippen MR) is 144 cm³/mol. The van der Waals surface area contributed by atoms with Gasteiger partial charge in [0.25, 0.3) is 0 Å². The van der Waals surface area contributed by atoms with Gasteiger partial charge >= 0.3 is 6.03 Å². The molecule has 6 nitrogen and oxygen atoms in total. The van der Waals surface area contributed by atoms with Crippen LogP contribution in [0.25, 0.3) is 16.7 Å². The second-order valence-corrected chi connectivity index (χ2v) is 9.39. The van der Waals surface area contributed by atoms with E-state index in [0.717, 1.165) is 5.56 Å². The van der Waals surface area contributed by atoms with Crippen LogP contribution in [-0.2, 0) is 4.79 Å². The molecule has 1 unspecified atom stereocenters. The van der Waals surface area contributed by atoms with Crippen LogP contribution in [0.15, 0.2) is 67.2 Å². The van der Waals surface area contributed by atoms with E-state index < -0.39 is 17.9 Å². The number of nitrogens with zero attached hydrogens (tertiary/aromatic N) is 1. The number of anilines is 2. The lowest BCUT2D eigenvalue weighted by Gasteiger charge is -2.23. The van der Waals surface area contributed by atoms with Crippen LogP contribution in [0.1, 0.15) is 37.4 Å². The van der Waals surface area contributed by atoms with Crippen molar-refractivity contribution in [2.45, 2.75) is 32.4 Å². The largest absolute Gasteiger partial charge is 0.326 e. The van der Waals surface area contributed by atoms with Gasteiger partial charge in [-0.1, -0.05) is 36.4 Å². The monoisotopic (exact) mass is 506 g/mol. The Bertz CT molecular complexity index is 1320. The van der Waals surface area contributed by atoms with E-state index >= 15 is 4.39 Å². The molecule has 1 heterocycles. The Morgan fingerprint density at radius 2 is 1.92 bits per heavy atom. The number of nitrogens with two attached hydrogens (primary N) is 1. The van der Waals surface area contributed by atoms with Crippen molar-refractivity contribution < 1.29 is 14.0 Å². The Kier molecular flexibility index (Phi) is 7.43. The second-order valence-electron chi connectivity index (χ2n) is 8.95. The summed E-state index contributed by atoms with van der Waals surface area (Å²) in [5.41, 5.74) is 9.76. The Labute approximate surface area is 214 Å². The molecule has 0 bridgehead atoms. The summed E-state index contributed by atoms with van der Waals surface area (Å²) < 4.78 is 15.8. The lowest BCUT2D eigenvalue weighted by Crippen LogP contribution is -2.43. The maximum atomic E-state index is 15.8. The molecule has 0 saturated carbocycles. The van der Waals surface area contributed by atoms with E-state index in [-0.39, 0.29) is 17.5 Å². The van der Waals surface area contributed by atoms with E-state index in [9.17, 15) is 9.59 Å². The summed E-state index contributed by atoms with van der Waals surface area (Å²) in [6.45, 7) is 7.87. The van der Waals surface area contributed by atoms with Crippen molar-refractivity contribution in [1.29, 1.82) is 0 Å². The summed E-state index contributed by atoms with van der Waals surface area (Å²) in [4.78, 5) is 27.1. The third-order valence-corrected chi connectivity index (χ3v) is 6.43. The van der Waals surface area contributed by atoms with E-state index in [1.165, 1.54) is 4.90 Å². The van der Waals surface area contributed by atoms with E-state index in [4.69, 9.17) is 17.3 Å². The number of benzene rings is 3. The second kappa shape index (κ2) is 10.5. The number of hydrogen-bond donors (Lipinski definition) is 3. The number of allylic oxidation sites excluding steroid dienone is 1. The van der Waals surface area contributed by atoms with Crippen LogP contribution in [-0.4, -0.2) is 24.5 Å². The average Bonchev–Trinajstić information content (AvgIpc) is 3.19. The Hall–Kier alpha value is -3.68. The van der Waals surface area contributed by atoms with Crippen LogP contribution in [0.2, 0.25) is 5.02 Å². The van der Waals surface area contributed by atoms with E-state index in [1.54, 1.807) is 43.3 Å². The number of rotatable bonds is 6. The molecule has 1 aliphatic rings. The van der Waals surface area contributed by atoms with Gasteiger partial charge in [-0.3, -0.25) is 4.79 Å². The maximum absolute atomic E-state index is 15.8. The smallest absolute Gasteiger partial charge is 0.319 e. The molecule has 1 aliphatic heterocycles. The number of carbonyl (C=O) groups is 2. The van der Waals surface area contributed by atoms with Gasteiger partial charge < -0.3 is 21.3 Å². The molecule has 3 aromatic rings. The van der Waals surface area contributed by atoms with Gasteiger partial charge in [0, 0.05) is 34.4 Å². The molecule has 0 aromatic heterocycles. The van der Waals surface area contributed by atoms with Crippen LogP contribution < -0.4 is 21.3 Å². The van der Waals surface area contributed by atoms with Crippen molar-refractivity contribution in [3.63, 3.8) is 0 Å². The summed E-state index contributed by atoms with van der Waals surface area (Å²) >= 11 is 5.87. The highest BCUT2D eigenvalue weighted by molar-refractivity contribution is 6.30. The highest BCUT2D eigenvalue weighted by Crippen LogP contribution is 2.37. The van der Waals surface area contributed by atoms with Crippen LogP contribution in [0, 0.1) is 5.82 Å². The van der Waals surface area contributed by atoms with Gasteiger partial charge in [0.05, 0.1) is 5.69 Å². The van der Waals surface area contributed by atoms with Gasteiger partial charge in [0.15, 0.2) is 0 Å². The fourth-order valence-electron chi connectivity index (χ4n) is 4.32. The molecule has 2 atom stereocenters. The molecule has 1 saturated heterocycles. The van der Waals surface area contributed by atoms with Crippen LogP contribution in [0.3, 0.4) is 0 Å². The lowest BCUT2D eigenvalue weighted by molar-refractivity contribution is -0.118. The third kappa shape index (κ3) is 5.27. The fourth-order valence-corrected chi connectivity index (χ4v) is 4.45. The first-order valence-corrected chi connectivity index (χ1v) is 12.0. The van der Waals surface area contributed by atoms with Crippen LogP contribution >= 0.6 is 11.6 Å². The minimum absolute atomic E-state index is 0.184. The first-order chi connectivity index (χ1) is 17.2. The van der Waals surface area contributed by atoms with E-state index in [0.29, 0.717) is 46.1 Å². The molecule has 4 rings (SSSR count).